The lowest BCUT2D eigenvalue weighted by Crippen LogP contribution is -2.08. The summed E-state index contributed by atoms with van der Waals surface area (Å²) in [5.74, 6) is -0.0561. The number of carbonyl (C=O) groups excluding carboxylic acids is 1. The third-order valence-electron chi connectivity index (χ3n) is 2.50. The van der Waals surface area contributed by atoms with Crippen LogP contribution in [-0.2, 0) is 11.0 Å². The highest BCUT2D eigenvalue weighted by Crippen LogP contribution is 2.30. The number of fused-ring (bicyclic) bond motifs is 1. The minimum atomic E-state index is -4.41. The van der Waals surface area contributed by atoms with E-state index in [1.807, 2.05) is 13.8 Å². The maximum atomic E-state index is 12.5. The number of anilines is 1. The van der Waals surface area contributed by atoms with Gasteiger partial charge in [0.15, 0.2) is 5.82 Å². The van der Waals surface area contributed by atoms with Crippen LogP contribution < -0.4 is 5.32 Å². The average molecular weight is 287 g/mol. The van der Waals surface area contributed by atoms with Crippen molar-refractivity contribution in [3.8, 4) is 0 Å². The predicted octanol–water partition coefficient (Wildman–Crippen LogP) is 3.65. The first-order valence-electron chi connectivity index (χ1n) is 6.13. The van der Waals surface area contributed by atoms with Crippen LogP contribution in [0.5, 0.6) is 0 Å². The molecule has 0 aliphatic heterocycles. The highest BCUT2D eigenvalue weighted by molar-refractivity contribution is 5.89. The van der Waals surface area contributed by atoms with Gasteiger partial charge in [-0.2, -0.15) is 13.2 Å². The molecule has 0 saturated carbocycles. The number of nitrogens with one attached hydrogen (secondary N) is 1. The quantitative estimate of drug-likeness (QED) is 0.870. The van der Waals surface area contributed by atoms with Crippen LogP contribution >= 0.6 is 0 Å². The molecule has 0 aliphatic carbocycles. The van der Waals surface area contributed by atoms with Gasteiger partial charge in [0.25, 0.3) is 0 Å². The SMILES string of the molecule is CC.CC(=O)Nc1nn2cc(C(F)(F)F)ccc2c1C. The number of hydrogen-bond acceptors (Lipinski definition) is 2. The molecular formula is C13H16F3N3O. The highest BCUT2D eigenvalue weighted by Gasteiger charge is 2.31. The largest absolute Gasteiger partial charge is 0.417 e. The molecule has 110 valence electrons. The molecule has 0 spiro atoms. The number of amides is 1. The van der Waals surface area contributed by atoms with Crippen molar-refractivity contribution < 1.29 is 18.0 Å². The maximum absolute atomic E-state index is 12.5. The van der Waals surface area contributed by atoms with E-state index in [0.29, 0.717) is 11.1 Å². The summed E-state index contributed by atoms with van der Waals surface area (Å²) in [5.41, 5.74) is 0.359. The zero-order chi connectivity index (χ0) is 15.5. The lowest BCUT2D eigenvalue weighted by Gasteiger charge is -2.06. The Bertz CT molecular complexity index is 617. The Kier molecular flexibility index (Phi) is 4.75. The minimum Gasteiger partial charge on any atom is -0.309 e. The van der Waals surface area contributed by atoms with Crippen molar-refractivity contribution in [3.05, 3.63) is 29.5 Å². The molecule has 0 aromatic carbocycles. The van der Waals surface area contributed by atoms with Crippen LogP contribution in [0, 0.1) is 6.92 Å². The molecule has 0 radical (unpaired) electrons. The summed E-state index contributed by atoms with van der Waals surface area (Å²) >= 11 is 0. The zero-order valence-corrected chi connectivity index (χ0v) is 11.7. The molecular weight excluding hydrogens is 271 g/mol. The number of halogens is 3. The van der Waals surface area contributed by atoms with Crippen LogP contribution in [0.3, 0.4) is 0 Å². The fraction of sp³-hybridized carbons (Fsp3) is 0.385. The van der Waals surface area contributed by atoms with E-state index in [1.54, 1.807) is 6.92 Å². The molecule has 0 atom stereocenters. The second-order valence-corrected chi connectivity index (χ2v) is 3.90. The molecule has 1 amide bonds. The van der Waals surface area contributed by atoms with Gasteiger partial charge in [-0.1, -0.05) is 13.8 Å². The van der Waals surface area contributed by atoms with Gasteiger partial charge in [-0.15, -0.1) is 5.10 Å². The van der Waals surface area contributed by atoms with Gasteiger partial charge < -0.3 is 5.32 Å². The molecule has 2 heterocycles. The van der Waals surface area contributed by atoms with Crippen LogP contribution in [0.1, 0.15) is 31.9 Å². The molecule has 0 aliphatic rings. The van der Waals surface area contributed by atoms with Gasteiger partial charge in [-0.05, 0) is 19.1 Å². The molecule has 20 heavy (non-hydrogen) atoms. The molecule has 2 rings (SSSR count). The van der Waals surface area contributed by atoms with Crippen molar-refractivity contribution in [2.75, 3.05) is 5.32 Å². The van der Waals surface area contributed by atoms with E-state index in [-0.39, 0.29) is 11.7 Å². The number of carbonyl (C=O) groups is 1. The first-order valence-corrected chi connectivity index (χ1v) is 6.13. The number of aryl methyl sites for hydroxylation is 1. The summed E-state index contributed by atoms with van der Waals surface area (Å²) in [6.45, 7) is 6.99. The van der Waals surface area contributed by atoms with Crippen LogP contribution in [-0.4, -0.2) is 15.5 Å². The Hall–Kier alpha value is -2.05. The fourth-order valence-corrected chi connectivity index (χ4v) is 1.63. The third kappa shape index (κ3) is 3.28. The predicted molar refractivity (Wildman–Crippen MR) is 70.6 cm³/mol. The van der Waals surface area contributed by atoms with Gasteiger partial charge in [0.05, 0.1) is 11.1 Å². The summed E-state index contributed by atoms with van der Waals surface area (Å²) in [7, 11) is 0. The molecule has 0 unspecified atom stereocenters. The minimum absolute atomic E-state index is 0.266. The standard InChI is InChI=1S/C11H10F3N3O.C2H6/c1-6-9-4-3-8(11(12,13)14)5-17(9)16-10(6)15-7(2)18;1-2/h3-5H,1-2H3,(H,15,16,18);1-2H3. The zero-order valence-electron chi connectivity index (χ0n) is 11.7. The lowest BCUT2D eigenvalue weighted by atomic mass is 10.2. The van der Waals surface area contributed by atoms with Crippen molar-refractivity contribution in [3.63, 3.8) is 0 Å². The van der Waals surface area contributed by atoms with Gasteiger partial charge in [-0.25, -0.2) is 4.52 Å². The topological polar surface area (TPSA) is 46.4 Å². The molecule has 7 heteroatoms. The first-order chi connectivity index (χ1) is 9.29. The number of alkyl halides is 3. The number of rotatable bonds is 1. The number of aromatic nitrogens is 2. The monoisotopic (exact) mass is 287 g/mol. The summed E-state index contributed by atoms with van der Waals surface area (Å²) < 4.78 is 38.7. The highest BCUT2D eigenvalue weighted by atomic mass is 19.4. The Morgan fingerprint density at radius 1 is 1.30 bits per heavy atom. The summed E-state index contributed by atoms with van der Waals surface area (Å²) in [6.07, 6.45) is -3.52. The van der Waals surface area contributed by atoms with Crippen molar-refractivity contribution in [1.82, 2.24) is 9.61 Å². The van der Waals surface area contributed by atoms with Crippen LogP contribution in [0.15, 0.2) is 18.3 Å². The van der Waals surface area contributed by atoms with Gasteiger partial charge in [0.1, 0.15) is 0 Å². The molecule has 4 nitrogen and oxygen atoms in total. The lowest BCUT2D eigenvalue weighted by molar-refractivity contribution is -0.137. The van der Waals surface area contributed by atoms with Crippen LogP contribution in [0.4, 0.5) is 19.0 Å². The van der Waals surface area contributed by atoms with Crippen LogP contribution in [0.25, 0.3) is 5.52 Å². The van der Waals surface area contributed by atoms with Crippen LogP contribution in [0.2, 0.25) is 0 Å². The second kappa shape index (κ2) is 5.94. The average Bonchev–Trinajstić information content (AvgIpc) is 2.66. The van der Waals surface area contributed by atoms with E-state index in [4.69, 9.17) is 0 Å². The van der Waals surface area contributed by atoms with E-state index < -0.39 is 11.7 Å². The Labute approximate surface area is 114 Å². The fourth-order valence-electron chi connectivity index (χ4n) is 1.63. The van der Waals surface area contributed by atoms with Gasteiger partial charge in [-0.3, -0.25) is 4.79 Å². The van der Waals surface area contributed by atoms with E-state index in [2.05, 4.69) is 10.4 Å². The maximum Gasteiger partial charge on any atom is 0.417 e. The van der Waals surface area contributed by atoms with Gasteiger partial charge in [0.2, 0.25) is 5.91 Å². The second-order valence-electron chi connectivity index (χ2n) is 3.90. The van der Waals surface area contributed by atoms with E-state index >= 15 is 0 Å². The normalized spacial score (nSPS) is 10.9. The Balaban J connectivity index is 0.000000956. The molecule has 0 fully saturated rings. The number of hydrogen-bond donors (Lipinski definition) is 1. The molecule has 0 bridgehead atoms. The van der Waals surface area contributed by atoms with E-state index in [1.165, 1.54) is 13.0 Å². The summed E-state index contributed by atoms with van der Waals surface area (Å²) in [6, 6.07) is 2.32. The van der Waals surface area contributed by atoms with E-state index in [9.17, 15) is 18.0 Å². The molecule has 0 saturated heterocycles. The summed E-state index contributed by atoms with van der Waals surface area (Å²) in [5, 5.41) is 6.38. The number of nitrogens with zero attached hydrogens (tertiary/aromatic N) is 2. The van der Waals surface area contributed by atoms with Crippen molar-refractivity contribution in [2.45, 2.75) is 33.9 Å². The van der Waals surface area contributed by atoms with E-state index in [0.717, 1.165) is 16.8 Å². The molecule has 2 aromatic heterocycles. The molecule has 1 N–H and O–H groups in total. The van der Waals surface area contributed by atoms with Gasteiger partial charge >= 0.3 is 6.18 Å². The smallest absolute Gasteiger partial charge is 0.309 e. The van der Waals surface area contributed by atoms with Crippen molar-refractivity contribution in [1.29, 1.82) is 0 Å². The molecule has 2 aromatic rings. The first kappa shape index (κ1) is 16.0. The van der Waals surface area contributed by atoms with Crippen molar-refractivity contribution in [2.24, 2.45) is 0 Å². The van der Waals surface area contributed by atoms with Gasteiger partial charge in [0, 0.05) is 18.7 Å². The third-order valence-corrected chi connectivity index (χ3v) is 2.50. The number of pyridine rings is 1. The Morgan fingerprint density at radius 3 is 2.40 bits per heavy atom. The van der Waals surface area contributed by atoms with Crippen molar-refractivity contribution >= 4 is 17.2 Å². The summed E-state index contributed by atoms with van der Waals surface area (Å²) in [4.78, 5) is 10.9. The Morgan fingerprint density at radius 2 is 1.90 bits per heavy atom.